The van der Waals surface area contributed by atoms with Crippen LogP contribution < -0.4 is 10.1 Å². The Labute approximate surface area is 146 Å². The van der Waals surface area contributed by atoms with Crippen LogP contribution in [0.5, 0.6) is 5.75 Å². The van der Waals surface area contributed by atoms with Gasteiger partial charge < -0.3 is 14.9 Å². The molecule has 0 unspecified atom stereocenters. The molecular formula is C19H21N3O3. The number of ether oxygens (including phenoxy) is 1. The van der Waals surface area contributed by atoms with E-state index >= 15 is 0 Å². The van der Waals surface area contributed by atoms with E-state index in [0.717, 1.165) is 33.8 Å². The van der Waals surface area contributed by atoms with E-state index in [1.165, 1.54) is 0 Å². The van der Waals surface area contributed by atoms with Crippen LogP contribution in [-0.4, -0.2) is 29.8 Å². The maximum atomic E-state index is 12.4. The lowest BCUT2D eigenvalue weighted by Gasteiger charge is -2.14. The van der Waals surface area contributed by atoms with Crippen molar-refractivity contribution in [3.8, 4) is 5.75 Å². The molecule has 0 saturated carbocycles. The van der Waals surface area contributed by atoms with Gasteiger partial charge in [0.2, 0.25) is 6.10 Å². The molecule has 0 saturated heterocycles. The van der Waals surface area contributed by atoms with E-state index in [-0.39, 0.29) is 5.91 Å². The SMILES string of the molecule is COc1c(C)cnc(CNC(=O)[C@@H]2CC(c3ccccc3)=NO2)c1C. The molecule has 6 nitrogen and oxygen atoms in total. The number of pyridine rings is 1. The van der Waals surface area contributed by atoms with Gasteiger partial charge in [-0.2, -0.15) is 0 Å². The van der Waals surface area contributed by atoms with Gasteiger partial charge in [-0.15, -0.1) is 0 Å². The van der Waals surface area contributed by atoms with Crippen LogP contribution in [0.1, 0.15) is 28.8 Å². The second-order valence-electron chi connectivity index (χ2n) is 5.97. The Morgan fingerprint density at radius 3 is 2.80 bits per heavy atom. The summed E-state index contributed by atoms with van der Waals surface area (Å²) in [5.74, 6) is 0.599. The minimum atomic E-state index is -0.608. The average molecular weight is 339 g/mol. The topological polar surface area (TPSA) is 72.8 Å². The third-order valence-electron chi connectivity index (χ3n) is 4.25. The van der Waals surface area contributed by atoms with Gasteiger partial charge in [0.25, 0.3) is 5.91 Å². The van der Waals surface area contributed by atoms with Crippen molar-refractivity contribution in [2.75, 3.05) is 7.11 Å². The summed E-state index contributed by atoms with van der Waals surface area (Å²) in [4.78, 5) is 22.0. The molecule has 130 valence electrons. The molecule has 3 rings (SSSR count). The lowest BCUT2D eigenvalue weighted by Crippen LogP contribution is -2.34. The number of amides is 1. The summed E-state index contributed by atoms with van der Waals surface area (Å²) in [6.07, 6.45) is 1.60. The number of oxime groups is 1. The fourth-order valence-electron chi connectivity index (χ4n) is 2.85. The number of aryl methyl sites for hydroxylation is 1. The van der Waals surface area contributed by atoms with E-state index in [2.05, 4.69) is 15.5 Å². The molecule has 0 radical (unpaired) electrons. The van der Waals surface area contributed by atoms with Crippen LogP contribution in [-0.2, 0) is 16.2 Å². The lowest BCUT2D eigenvalue weighted by molar-refractivity contribution is -0.131. The van der Waals surface area contributed by atoms with Gasteiger partial charge in [-0.1, -0.05) is 35.5 Å². The van der Waals surface area contributed by atoms with E-state index < -0.39 is 6.10 Å². The van der Waals surface area contributed by atoms with Crippen LogP contribution in [0.15, 0.2) is 41.7 Å². The smallest absolute Gasteiger partial charge is 0.264 e. The Hall–Kier alpha value is -2.89. The molecule has 1 aliphatic heterocycles. The highest BCUT2D eigenvalue weighted by Gasteiger charge is 2.28. The second-order valence-corrected chi connectivity index (χ2v) is 5.97. The van der Waals surface area contributed by atoms with Crippen molar-refractivity contribution in [2.45, 2.75) is 32.9 Å². The summed E-state index contributed by atoms with van der Waals surface area (Å²) in [5.41, 5.74) is 4.43. The Balaban J connectivity index is 1.60. The third-order valence-corrected chi connectivity index (χ3v) is 4.25. The molecule has 2 aromatic rings. The van der Waals surface area contributed by atoms with Crippen LogP contribution >= 0.6 is 0 Å². The summed E-state index contributed by atoms with van der Waals surface area (Å²) < 4.78 is 5.39. The predicted octanol–water partition coefficient (Wildman–Crippen LogP) is 2.52. The van der Waals surface area contributed by atoms with Crippen molar-refractivity contribution in [2.24, 2.45) is 5.16 Å². The van der Waals surface area contributed by atoms with Crippen LogP contribution in [0.25, 0.3) is 0 Å². The average Bonchev–Trinajstić information content (AvgIpc) is 3.12. The first-order chi connectivity index (χ1) is 12.1. The standard InChI is InChI=1S/C19H21N3O3/c1-12-10-20-16(13(2)18(12)24-3)11-21-19(23)17-9-15(22-25-17)14-7-5-4-6-8-14/h4-8,10,17H,9,11H2,1-3H3,(H,21,23)/t17-/m0/s1. The van der Waals surface area contributed by atoms with Gasteiger partial charge in [-0.25, -0.2) is 0 Å². The molecule has 1 atom stereocenters. The summed E-state index contributed by atoms with van der Waals surface area (Å²) in [6.45, 7) is 4.20. The molecule has 1 N–H and O–H groups in total. The van der Waals surface area contributed by atoms with E-state index in [9.17, 15) is 4.79 Å². The number of methoxy groups -OCH3 is 1. The largest absolute Gasteiger partial charge is 0.496 e. The number of nitrogens with one attached hydrogen (secondary N) is 1. The second kappa shape index (κ2) is 7.34. The van der Waals surface area contributed by atoms with Gasteiger partial charge in [-0.3, -0.25) is 9.78 Å². The maximum absolute atomic E-state index is 12.4. The predicted molar refractivity (Wildman–Crippen MR) is 94.6 cm³/mol. The molecule has 2 heterocycles. The van der Waals surface area contributed by atoms with Gasteiger partial charge in [0.05, 0.1) is 25.1 Å². The van der Waals surface area contributed by atoms with Crippen LogP contribution in [0.3, 0.4) is 0 Å². The van der Waals surface area contributed by atoms with Gasteiger partial charge in [0, 0.05) is 23.7 Å². The summed E-state index contributed by atoms with van der Waals surface area (Å²) in [5, 5.41) is 6.91. The molecule has 0 aliphatic carbocycles. The van der Waals surface area contributed by atoms with Gasteiger partial charge in [0.1, 0.15) is 5.75 Å². The summed E-state index contributed by atoms with van der Waals surface area (Å²) in [6, 6.07) is 9.72. The third kappa shape index (κ3) is 3.63. The van der Waals surface area contributed by atoms with Crippen LogP contribution in [0.4, 0.5) is 0 Å². The van der Waals surface area contributed by atoms with Crippen molar-refractivity contribution in [1.82, 2.24) is 10.3 Å². The first-order valence-corrected chi connectivity index (χ1v) is 8.15. The lowest BCUT2D eigenvalue weighted by atomic mass is 10.0. The number of carbonyl (C=O) groups excluding carboxylic acids is 1. The Bertz CT molecular complexity index is 803. The number of hydrogen-bond donors (Lipinski definition) is 1. The van der Waals surface area contributed by atoms with E-state index in [1.807, 2.05) is 44.2 Å². The molecule has 0 spiro atoms. The van der Waals surface area contributed by atoms with Crippen molar-refractivity contribution in [3.05, 3.63) is 58.9 Å². The summed E-state index contributed by atoms with van der Waals surface area (Å²) >= 11 is 0. The molecule has 1 aliphatic rings. The molecule has 6 heteroatoms. The molecule has 25 heavy (non-hydrogen) atoms. The minimum Gasteiger partial charge on any atom is -0.496 e. The van der Waals surface area contributed by atoms with Gasteiger partial charge in [0.15, 0.2) is 0 Å². The minimum absolute atomic E-state index is 0.199. The highest BCUT2D eigenvalue weighted by Crippen LogP contribution is 2.24. The first-order valence-electron chi connectivity index (χ1n) is 8.15. The van der Waals surface area contributed by atoms with E-state index in [0.29, 0.717) is 13.0 Å². The zero-order valence-corrected chi connectivity index (χ0v) is 14.6. The Morgan fingerprint density at radius 2 is 2.08 bits per heavy atom. The highest BCUT2D eigenvalue weighted by atomic mass is 16.6. The highest BCUT2D eigenvalue weighted by molar-refractivity contribution is 6.04. The van der Waals surface area contributed by atoms with Gasteiger partial charge in [-0.05, 0) is 19.4 Å². The fourth-order valence-corrected chi connectivity index (χ4v) is 2.85. The zero-order valence-electron chi connectivity index (χ0n) is 14.6. The quantitative estimate of drug-likeness (QED) is 0.908. The number of rotatable bonds is 5. The molecule has 1 amide bonds. The van der Waals surface area contributed by atoms with Crippen molar-refractivity contribution < 1.29 is 14.4 Å². The van der Waals surface area contributed by atoms with Crippen molar-refractivity contribution in [1.29, 1.82) is 0 Å². The van der Waals surface area contributed by atoms with Crippen LogP contribution in [0, 0.1) is 13.8 Å². The maximum Gasteiger partial charge on any atom is 0.264 e. The Kier molecular flexibility index (Phi) is 4.97. The number of nitrogens with zero attached hydrogens (tertiary/aromatic N) is 2. The molecular weight excluding hydrogens is 318 g/mol. The molecule has 0 bridgehead atoms. The normalized spacial score (nSPS) is 16.1. The molecule has 1 aromatic heterocycles. The van der Waals surface area contributed by atoms with Crippen molar-refractivity contribution in [3.63, 3.8) is 0 Å². The van der Waals surface area contributed by atoms with Crippen LogP contribution in [0.2, 0.25) is 0 Å². The molecule has 1 aromatic carbocycles. The Morgan fingerprint density at radius 1 is 1.32 bits per heavy atom. The van der Waals surface area contributed by atoms with Gasteiger partial charge >= 0.3 is 0 Å². The van der Waals surface area contributed by atoms with E-state index in [1.54, 1.807) is 13.3 Å². The zero-order chi connectivity index (χ0) is 17.8. The number of aromatic nitrogens is 1. The molecule has 0 fully saturated rings. The van der Waals surface area contributed by atoms with Crippen molar-refractivity contribution >= 4 is 11.6 Å². The fraction of sp³-hybridized carbons (Fsp3) is 0.316. The number of hydrogen-bond acceptors (Lipinski definition) is 5. The number of benzene rings is 1. The summed E-state index contributed by atoms with van der Waals surface area (Å²) in [7, 11) is 1.63. The monoisotopic (exact) mass is 339 g/mol. The van der Waals surface area contributed by atoms with E-state index in [4.69, 9.17) is 9.57 Å². The first kappa shape index (κ1) is 17.0. The number of carbonyl (C=O) groups is 1.